The van der Waals surface area contributed by atoms with Crippen LogP contribution < -0.4 is 10.5 Å². The van der Waals surface area contributed by atoms with Crippen LogP contribution in [0.3, 0.4) is 0 Å². The lowest BCUT2D eigenvalue weighted by atomic mass is 9.72. The number of rotatable bonds is 5. The zero-order chi connectivity index (χ0) is 22.2. The molecular weight excluding hydrogens is 388 g/mol. The van der Waals surface area contributed by atoms with Crippen LogP contribution >= 0.6 is 0 Å². The van der Waals surface area contributed by atoms with E-state index in [0.717, 1.165) is 21.9 Å². The summed E-state index contributed by atoms with van der Waals surface area (Å²) < 4.78 is 19.0. The van der Waals surface area contributed by atoms with Gasteiger partial charge in [-0.15, -0.1) is 0 Å². The molecule has 3 aromatic carbocycles. The van der Waals surface area contributed by atoms with E-state index in [2.05, 4.69) is 6.07 Å². The third-order valence-electron chi connectivity index (χ3n) is 5.52. The van der Waals surface area contributed by atoms with Gasteiger partial charge in [0.05, 0.1) is 24.2 Å². The minimum absolute atomic E-state index is 0.289. The first-order valence-electron chi connectivity index (χ1n) is 10.6. The van der Waals surface area contributed by atoms with Crippen LogP contribution in [0.5, 0.6) is 5.75 Å². The van der Waals surface area contributed by atoms with Crippen molar-refractivity contribution in [3.8, 4) is 11.8 Å². The van der Waals surface area contributed by atoms with E-state index in [4.69, 9.17) is 19.9 Å². The molecule has 1 aliphatic rings. The van der Waals surface area contributed by atoms with Gasteiger partial charge in [0.25, 0.3) is 0 Å². The lowest BCUT2D eigenvalue weighted by molar-refractivity contribution is -0.392. The van der Waals surface area contributed by atoms with Crippen LogP contribution in [0, 0.1) is 11.3 Å². The van der Waals surface area contributed by atoms with E-state index in [9.17, 15) is 5.26 Å². The van der Waals surface area contributed by atoms with Crippen molar-refractivity contribution in [3.05, 3.63) is 77.9 Å². The molecule has 31 heavy (non-hydrogen) atoms. The highest BCUT2D eigenvalue weighted by atomic mass is 16.9. The Bertz CT molecular complexity index is 1110. The molecule has 1 heterocycles. The van der Waals surface area contributed by atoms with Gasteiger partial charge in [-0.3, -0.25) is 0 Å². The van der Waals surface area contributed by atoms with E-state index in [1.807, 2.05) is 94.4 Å². The van der Waals surface area contributed by atoms with Gasteiger partial charge >= 0.3 is 5.97 Å². The molecule has 0 saturated carbocycles. The molecule has 0 aliphatic carbocycles. The Labute approximate surface area is 183 Å². The molecule has 0 spiro atoms. The summed E-state index contributed by atoms with van der Waals surface area (Å²) in [6.07, 6.45) is -0.578. The van der Waals surface area contributed by atoms with Crippen LogP contribution in [0.4, 0.5) is 0 Å². The van der Waals surface area contributed by atoms with Crippen molar-refractivity contribution >= 4 is 10.8 Å². The molecule has 0 aromatic heterocycles. The molecule has 4 rings (SSSR count). The first-order valence-corrected chi connectivity index (χ1v) is 10.6. The average molecular weight is 417 g/mol. The number of benzene rings is 3. The summed E-state index contributed by atoms with van der Waals surface area (Å²) in [4.78, 5) is 0. The molecule has 2 atom stereocenters. The highest BCUT2D eigenvalue weighted by molar-refractivity contribution is 5.90. The number of hydrogen-bond acceptors (Lipinski definition) is 5. The first-order chi connectivity index (χ1) is 14.8. The maximum Gasteiger partial charge on any atom is 0.362 e. The standard InChI is InChI=1S/C26H28N2O3/c1-17(2)29-26(30-18(3)4)25(28,16-27)23(20-11-6-5-7-12-20)22-15-14-19-10-8-9-13-21(19)24(22)31-26/h5-15,17-18,23H,28H2,1-4H3. The van der Waals surface area contributed by atoms with Gasteiger partial charge < -0.3 is 19.9 Å². The van der Waals surface area contributed by atoms with Crippen molar-refractivity contribution in [2.75, 3.05) is 0 Å². The van der Waals surface area contributed by atoms with Crippen LogP contribution in [0.1, 0.15) is 44.7 Å². The molecular formula is C26H28N2O3. The van der Waals surface area contributed by atoms with Gasteiger partial charge in [0, 0.05) is 10.9 Å². The number of nitrogens with two attached hydrogens (primary N) is 1. The van der Waals surface area contributed by atoms with Crippen LogP contribution in [0.2, 0.25) is 0 Å². The van der Waals surface area contributed by atoms with E-state index < -0.39 is 17.4 Å². The molecule has 0 saturated heterocycles. The van der Waals surface area contributed by atoms with Crippen LogP contribution in [-0.4, -0.2) is 23.7 Å². The molecule has 0 bridgehead atoms. The fourth-order valence-corrected chi connectivity index (χ4v) is 4.35. The van der Waals surface area contributed by atoms with Crippen molar-refractivity contribution in [1.29, 1.82) is 5.26 Å². The smallest absolute Gasteiger partial charge is 0.362 e. The molecule has 5 nitrogen and oxygen atoms in total. The maximum absolute atomic E-state index is 10.5. The normalized spacial score (nSPS) is 22.2. The Morgan fingerprint density at radius 3 is 2.13 bits per heavy atom. The van der Waals surface area contributed by atoms with Gasteiger partial charge in [0.1, 0.15) is 5.75 Å². The summed E-state index contributed by atoms with van der Waals surface area (Å²) in [5.41, 5.74) is 7.03. The average Bonchev–Trinajstić information content (AvgIpc) is 2.74. The Hall–Kier alpha value is -2.91. The fourth-order valence-electron chi connectivity index (χ4n) is 4.35. The van der Waals surface area contributed by atoms with Crippen molar-refractivity contribution in [2.24, 2.45) is 5.73 Å². The third-order valence-corrected chi connectivity index (χ3v) is 5.52. The van der Waals surface area contributed by atoms with Gasteiger partial charge in [0.15, 0.2) is 0 Å². The second-order valence-electron chi connectivity index (χ2n) is 8.52. The van der Waals surface area contributed by atoms with Gasteiger partial charge in [-0.1, -0.05) is 66.7 Å². The van der Waals surface area contributed by atoms with Crippen molar-refractivity contribution in [1.82, 2.24) is 0 Å². The van der Waals surface area contributed by atoms with Crippen LogP contribution in [0.15, 0.2) is 66.7 Å². The highest BCUT2D eigenvalue weighted by Crippen LogP contribution is 2.53. The van der Waals surface area contributed by atoms with Crippen LogP contribution in [-0.2, 0) is 9.47 Å². The second-order valence-corrected chi connectivity index (χ2v) is 8.52. The Balaban J connectivity index is 2.08. The van der Waals surface area contributed by atoms with E-state index >= 15 is 0 Å². The minimum Gasteiger partial charge on any atom is -0.436 e. The monoisotopic (exact) mass is 416 g/mol. The second kappa shape index (κ2) is 7.97. The van der Waals surface area contributed by atoms with E-state index in [1.165, 1.54) is 0 Å². The van der Waals surface area contributed by atoms with Crippen molar-refractivity contribution < 1.29 is 14.2 Å². The number of fused-ring (bicyclic) bond motifs is 3. The molecule has 0 amide bonds. The number of nitriles is 1. The van der Waals surface area contributed by atoms with E-state index in [1.54, 1.807) is 0 Å². The minimum atomic E-state index is -1.79. The largest absolute Gasteiger partial charge is 0.436 e. The summed E-state index contributed by atoms with van der Waals surface area (Å²) in [6.45, 7) is 7.51. The van der Waals surface area contributed by atoms with E-state index in [-0.39, 0.29) is 12.2 Å². The molecule has 3 aromatic rings. The van der Waals surface area contributed by atoms with Gasteiger partial charge in [-0.05, 0) is 38.6 Å². The number of hydrogen-bond donors (Lipinski definition) is 1. The maximum atomic E-state index is 10.5. The lowest BCUT2D eigenvalue weighted by Crippen LogP contribution is -2.71. The van der Waals surface area contributed by atoms with Crippen LogP contribution in [0.25, 0.3) is 10.8 Å². The zero-order valence-corrected chi connectivity index (χ0v) is 18.3. The van der Waals surface area contributed by atoms with Crippen molar-refractivity contribution in [3.63, 3.8) is 0 Å². The van der Waals surface area contributed by atoms with Gasteiger partial charge in [0.2, 0.25) is 5.54 Å². The predicted molar refractivity (Wildman–Crippen MR) is 121 cm³/mol. The molecule has 5 heteroatoms. The Morgan fingerprint density at radius 1 is 0.903 bits per heavy atom. The zero-order valence-electron chi connectivity index (χ0n) is 18.3. The number of nitrogens with zero attached hydrogens (tertiary/aromatic N) is 1. The predicted octanol–water partition coefficient (Wildman–Crippen LogP) is 5.09. The number of ether oxygens (including phenoxy) is 3. The third kappa shape index (κ3) is 3.47. The summed E-state index contributed by atoms with van der Waals surface area (Å²) in [6, 6.07) is 24.1. The topological polar surface area (TPSA) is 77.5 Å². The SMILES string of the molecule is CC(C)OC1(OC(C)C)Oc2c(ccc3ccccc23)C(c2ccccc2)C1(N)C#N. The molecule has 0 radical (unpaired) electrons. The summed E-state index contributed by atoms with van der Waals surface area (Å²) >= 11 is 0. The highest BCUT2D eigenvalue weighted by Gasteiger charge is 2.65. The van der Waals surface area contributed by atoms with Gasteiger partial charge in [-0.2, -0.15) is 5.26 Å². The summed E-state index contributed by atoms with van der Waals surface area (Å²) in [5, 5.41) is 12.4. The van der Waals surface area contributed by atoms with E-state index in [0.29, 0.717) is 5.75 Å². The summed E-state index contributed by atoms with van der Waals surface area (Å²) in [5.74, 6) is -1.68. The van der Waals surface area contributed by atoms with Crippen molar-refractivity contribution in [2.45, 2.75) is 57.3 Å². The Morgan fingerprint density at radius 2 is 1.52 bits per heavy atom. The van der Waals surface area contributed by atoms with Gasteiger partial charge in [-0.25, -0.2) is 0 Å². The lowest BCUT2D eigenvalue weighted by Gasteiger charge is -2.51. The summed E-state index contributed by atoms with van der Waals surface area (Å²) in [7, 11) is 0. The molecule has 0 fully saturated rings. The molecule has 160 valence electrons. The molecule has 2 unspecified atom stereocenters. The molecule has 2 N–H and O–H groups in total. The fraction of sp³-hybridized carbons (Fsp3) is 0.346. The quantitative estimate of drug-likeness (QED) is 0.586. The molecule has 1 aliphatic heterocycles. The first kappa shape index (κ1) is 21.3. The Kier molecular flexibility index (Phi) is 5.49.